The van der Waals surface area contributed by atoms with Gasteiger partial charge in [-0.15, -0.1) is 11.3 Å². The molecule has 2 heterocycles. The summed E-state index contributed by atoms with van der Waals surface area (Å²) in [5.74, 6) is 1.04. The minimum atomic E-state index is -0.180. The minimum absolute atomic E-state index is 0.0257. The van der Waals surface area contributed by atoms with Crippen LogP contribution >= 0.6 is 11.3 Å². The number of hydrogen-bond donors (Lipinski definition) is 2. The lowest BCUT2D eigenvalue weighted by Gasteiger charge is -2.14. The summed E-state index contributed by atoms with van der Waals surface area (Å²) in [6.07, 6.45) is 0. The smallest absolute Gasteiger partial charge is 0.267 e. The fourth-order valence-electron chi connectivity index (χ4n) is 1.49. The van der Waals surface area contributed by atoms with Crippen LogP contribution in [0.2, 0.25) is 0 Å². The Morgan fingerprint density at radius 2 is 2.16 bits per heavy atom. The molecule has 2 N–H and O–H groups in total. The molecule has 102 valence electrons. The van der Waals surface area contributed by atoms with E-state index in [1.807, 2.05) is 6.07 Å². The molecule has 2 aromatic rings. The van der Waals surface area contributed by atoms with Crippen LogP contribution in [0.1, 0.15) is 36.1 Å². The van der Waals surface area contributed by atoms with Crippen molar-refractivity contribution in [3.8, 4) is 5.75 Å². The van der Waals surface area contributed by atoms with Gasteiger partial charge in [0, 0.05) is 28.6 Å². The van der Waals surface area contributed by atoms with Gasteiger partial charge in [0.05, 0.1) is 12.0 Å². The highest BCUT2D eigenvalue weighted by Crippen LogP contribution is 2.24. The largest absolute Gasteiger partial charge is 0.496 e. The molecule has 0 saturated heterocycles. The Morgan fingerprint density at radius 3 is 2.68 bits per heavy atom. The number of thiophene rings is 1. The third-order valence-electron chi connectivity index (χ3n) is 2.66. The third kappa shape index (κ3) is 3.14. The lowest BCUT2D eigenvalue weighted by molar-refractivity contribution is 0.103. The standard InChI is InChI=1S/C13H17N3O2S/c1-13(2,3)10-6-11(16-15-10)14-12(17)9-5-8(18-4)7-19-9/h5-7H,1-4H3,(H2,14,15,16,17). The van der Waals surface area contributed by atoms with E-state index in [9.17, 15) is 4.79 Å². The lowest BCUT2D eigenvalue weighted by Crippen LogP contribution is -2.11. The molecule has 0 radical (unpaired) electrons. The number of aromatic amines is 1. The first-order valence-corrected chi connectivity index (χ1v) is 6.78. The van der Waals surface area contributed by atoms with Crippen LogP contribution in [-0.2, 0) is 5.41 Å². The molecule has 19 heavy (non-hydrogen) atoms. The van der Waals surface area contributed by atoms with E-state index in [2.05, 4.69) is 36.3 Å². The van der Waals surface area contributed by atoms with E-state index in [0.717, 1.165) is 5.69 Å². The molecule has 0 fully saturated rings. The second kappa shape index (κ2) is 5.05. The Balaban J connectivity index is 2.09. The SMILES string of the molecule is COc1csc(C(=O)Nc2cc(C(C)(C)C)[nH]n2)c1. The van der Waals surface area contributed by atoms with Gasteiger partial charge in [-0.3, -0.25) is 9.89 Å². The number of nitrogens with zero attached hydrogens (tertiary/aromatic N) is 1. The molecule has 0 aliphatic rings. The Labute approximate surface area is 116 Å². The number of H-pyrrole nitrogens is 1. The van der Waals surface area contributed by atoms with Gasteiger partial charge in [-0.25, -0.2) is 0 Å². The molecule has 5 nitrogen and oxygen atoms in total. The molecule has 0 bridgehead atoms. The van der Waals surface area contributed by atoms with Gasteiger partial charge in [-0.1, -0.05) is 20.8 Å². The van der Waals surface area contributed by atoms with Gasteiger partial charge in [0.1, 0.15) is 5.75 Å². The number of carbonyl (C=O) groups excluding carboxylic acids is 1. The van der Waals surface area contributed by atoms with Gasteiger partial charge < -0.3 is 10.1 Å². The number of nitrogens with one attached hydrogen (secondary N) is 2. The van der Waals surface area contributed by atoms with Gasteiger partial charge in [0.2, 0.25) is 0 Å². The summed E-state index contributed by atoms with van der Waals surface area (Å²) in [6.45, 7) is 6.24. The highest BCUT2D eigenvalue weighted by atomic mass is 32.1. The number of hydrogen-bond acceptors (Lipinski definition) is 4. The van der Waals surface area contributed by atoms with E-state index in [1.54, 1.807) is 18.6 Å². The zero-order valence-corrected chi connectivity index (χ0v) is 12.2. The van der Waals surface area contributed by atoms with Gasteiger partial charge in [0.25, 0.3) is 5.91 Å². The number of aromatic nitrogens is 2. The van der Waals surface area contributed by atoms with Crippen LogP contribution in [0.25, 0.3) is 0 Å². The van der Waals surface area contributed by atoms with Crippen LogP contribution in [0.15, 0.2) is 17.5 Å². The molecule has 0 aromatic carbocycles. The van der Waals surface area contributed by atoms with Crippen molar-refractivity contribution in [3.63, 3.8) is 0 Å². The molecule has 2 rings (SSSR count). The summed E-state index contributed by atoms with van der Waals surface area (Å²) in [6, 6.07) is 3.56. The van der Waals surface area contributed by atoms with Crippen molar-refractivity contribution in [1.82, 2.24) is 10.2 Å². The molecule has 0 saturated carbocycles. The number of carbonyl (C=O) groups is 1. The van der Waals surface area contributed by atoms with Gasteiger partial charge >= 0.3 is 0 Å². The predicted molar refractivity (Wildman–Crippen MR) is 76.1 cm³/mol. The molecule has 6 heteroatoms. The number of methoxy groups -OCH3 is 1. The average Bonchev–Trinajstić information content (AvgIpc) is 2.95. The first-order valence-electron chi connectivity index (χ1n) is 5.90. The molecule has 0 aliphatic heterocycles. The fraction of sp³-hybridized carbons (Fsp3) is 0.385. The van der Waals surface area contributed by atoms with E-state index >= 15 is 0 Å². The van der Waals surface area contributed by atoms with Gasteiger partial charge in [-0.05, 0) is 0 Å². The van der Waals surface area contributed by atoms with Crippen molar-refractivity contribution < 1.29 is 9.53 Å². The molecule has 0 atom stereocenters. The molecule has 2 aromatic heterocycles. The van der Waals surface area contributed by atoms with Crippen molar-refractivity contribution in [2.45, 2.75) is 26.2 Å². The summed E-state index contributed by atoms with van der Waals surface area (Å²) in [5.41, 5.74) is 0.953. The summed E-state index contributed by atoms with van der Waals surface area (Å²) < 4.78 is 5.05. The van der Waals surface area contributed by atoms with E-state index in [-0.39, 0.29) is 11.3 Å². The first-order chi connectivity index (χ1) is 8.90. The zero-order valence-electron chi connectivity index (χ0n) is 11.4. The van der Waals surface area contributed by atoms with E-state index in [0.29, 0.717) is 16.4 Å². The predicted octanol–water partition coefficient (Wildman–Crippen LogP) is 3.03. The van der Waals surface area contributed by atoms with Crippen LogP contribution < -0.4 is 10.1 Å². The molecule has 0 aliphatic carbocycles. The second-order valence-electron chi connectivity index (χ2n) is 5.22. The third-order valence-corrected chi connectivity index (χ3v) is 3.57. The second-order valence-corrected chi connectivity index (χ2v) is 6.13. The Bertz CT molecular complexity index is 581. The number of anilines is 1. The van der Waals surface area contributed by atoms with Crippen LogP contribution in [0.5, 0.6) is 5.75 Å². The summed E-state index contributed by atoms with van der Waals surface area (Å²) >= 11 is 1.34. The van der Waals surface area contributed by atoms with E-state index in [1.165, 1.54) is 11.3 Å². The van der Waals surface area contributed by atoms with Crippen molar-refractivity contribution in [3.05, 3.63) is 28.1 Å². The molecule has 0 unspecified atom stereocenters. The van der Waals surface area contributed by atoms with Gasteiger partial charge in [-0.2, -0.15) is 5.10 Å². The highest BCUT2D eigenvalue weighted by molar-refractivity contribution is 7.12. The number of amides is 1. The van der Waals surface area contributed by atoms with Crippen LogP contribution in [0, 0.1) is 0 Å². The normalized spacial score (nSPS) is 11.4. The Kier molecular flexibility index (Phi) is 3.61. The van der Waals surface area contributed by atoms with Crippen LogP contribution in [-0.4, -0.2) is 23.2 Å². The lowest BCUT2D eigenvalue weighted by atomic mass is 9.92. The van der Waals surface area contributed by atoms with Crippen molar-refractivity contribution >= 4 is 23.1 Å². The first kappa shape index (κ1) is 13.6. The number of rotatable bonds is 3. The Morgan fingerprint density at radius 1 is 1.42 bits per heavy atom. The Hall–Kier alpha value is -1.82. The average molecular weight is 279 g/mol. The van der Waals surface area contributed by atoms with E-state index in [4.69, 9.17) is 4.74 Å². The fourth-order valence-corrected chi connectivity index (χ4v) is 2.24. The number of ether oxygens (including phenoxy) is 1. The quantitative estimate of drug-likeness (QED) is 0.907. The van der Waals surface area contributed by atoms with Crippen molar-refractivity contribution in [1.29, 1.82) is 0 Å². The molecule has 1 amide bonds. The summed E-state index contributed by atoms with van der Waals surface area (Å²) in [4.78, 5) is 12.6. The molecular weight excluding hydrogens is 262 g/mol. The maximum atomic E-state index is 12.0. The monoisotopic (exact) mass is 279 g/mol. The summed E-state index contributed by atoms with van der Waals surface area (Å²) in [7, 11) is 1.58. The maximum Gasteiger partial charge on any atom is 0.267 e. The maximum absolute atomic E-state index is 12.0. The highest BCUT2D eigenvalue weighted by Gasteiger charge is 2.18. The van der Waals surface area contributed by atoms with Crippen molar-refractivity contribution in [2.24, 2.45) is 0 Å². The van der Waals surface area contributed by atoms with Crippen molar-refractivity contribution in [2.75, 3.05) is 12.4 Å². The molecule has 0 spiro atoms. The van der Waals surface area contributed by atoms with Crippen LogP contribution in [0.4, 0.5) is 5.82 Å². The molecular formula is C13H17N3O2S. The van der Waals surface area contributed by atoms with Crippen LogP contribution in [0.3, 0.4) is 0 Å². The van der Waals surface area contributed by atoms with E-state index < -0.39 is 0 Å². The topological polar surface area (TPSA) is 67.0 Å². The van der Waals surface area contributed by atoms with Gasteiger partial charge in [0.15, 0.2) is 5.82 Å². The summed E-state index contributed by atoms with van der Waals surface area (Å²) in [5, 5.41) is 11.6. The minimum Gasteiger partial charge on any atom is -0.496 e. The zero-order chi connectivity index (χ0) is 14.0.